The molecule has 0 amide bonds. The number of halogens is 1. The number of hydrogen-bond acceptors (Lipinski definition) is 0. The Bertz CT molecular complexity index is 443. The van der Waals surface area contributed by atoms with Gasteiger partial charge in [-0.2, -0.15) is 0 Å². The van der Waals surface area contributed by atoms with Crippen molar-refractivity contribution < 1.29 is 0 Å². The molecule has 74 valence electrons. The lowest BCUT2D eigenvalue weighted by molar-refractivity contribution is 1.64. The van der Waals surface area contributed by atoms with Gasteiger partial charge in [0.1, 0.15) is 0 Å². The quantitative estimate of drug-likeness (QED) is 0.561. The van der Waals surface area contributed by atoms with Crippen LogP contribution in [0.2, 0.25) is 0 Å². The molecule has 0 unspecified atom stereocenters. The van der Waals surface area contributed by atoms with Crippen molar-refractivity contribution in [3.63, 3.8) is 0 Å². The van der Waals surface area contributed by atoms with Gasteiger partial charge in [0.2, 0.25) is 0 Å². The predicted octanol–water partition coefficient (Wildman–Crippen LogP) is 4.62. The molecule has 0 bridgehead atoms. The fourth-order valence-corrected chi connectivity index (χ4v) is 2.10. The van der Waals surface area contributed by atoms with E-state index in [0.717, 1.165) is 0 Å². The van der Waals surface area contributed by atoms with Gasteiger partial charge in [-0.25, -0.2) is 0 Å². The molecule has 0 radical (unpaired) electrons. The van der Waals surface area contributed by atoms with E-state index in [9.17, 15) is 0 Å². The molecule has 2 aromatic carbocycles. The summed E-state index contributed by atoms with van der Waals surface area (Å²) < 4.78 is 1.26. The summed E-state index contributed by atoms with van der Waals surface area (Å²) in [6.07, 6.45) is 2.19. The van der Waals surface area contributed by atoms with E-state index in [4.69, 9.17) is 0 Å². The Labute approximate surface area is 104 Å². The Morgan fingerprint density at radius 2 is 1.33 bits per heavy atom. The summed E-state index contributed by atoms with van der Waals surface area (Å²) in [5.41, 5.74) is 2.51. The van der Waals surface area contributed by atoms with E-state index in [-0.39, 0.29) is 0 Å². The summed E-state index contributed by atoms with van der Waals surface area (Å²) in [5, 5.41) is 0. The van der Waals surface area contributed by atoms with Crippen LogP contribution in [0.25, 0.3) is 9.66 Å². The highest BCUT2D eigenvalue weighted by molar-refractivity contribution is 14.1. The van der Waals surface area contributed by atoms with Crippen LogP contribution in [0.5, 0.6) is 0 Å². The SMILES string of the molecule is I/C(=C\c1ccccc1)c1ccccc1. The number of benzene rings is 2. The lowest BCUT2D eigenvalue weighted by atomic mass is 10.1. The van der Waals surface area contributed by atoms with Gasteiger partial charge in [0.25, 0.3) is 0 Å². The minimum Gasteiger partial charge on any atom is -0.0622 e. The van der Waals surface area contributed by atoms with E-state index in [0.29, 0.717) is 0 Å². The normalized spacial score (nSPS) is 11.4. The molecule has 0 aliphatic rings. The highest BCUT2D eigenvalue weighted by atomic mass is 127. The van der Waals surface area contributed by atoms with Crippen molar-refractivity contribution in [1.29, 1.82) is 0 Å². The van der Waals surface area contributed by atoms with Gasteiger partial charge in [0.15, 0.2) is 0 Å². The highest BCUT2D eigenvalue weighted by Crippen LogP contribution is 2.24. The first-order valence-corrected chi connectivity index (χ1v) is 5.92. The summed E-state index contributed by atoms with van der Waals surface area (Å²) in [6, 6.07) is 20.8. The zero-order chi connectivity index (χ0) is 10.5. The lowest BCUT2D eigenvalue weighted by Crippen LogP contribution is -1.75. The minimum absolute atomic E-state index is 1.24. The summed E-state index contributed by atoms with van der Waals surface area (Å²) in [7, 11) is 0. The van der Waals surface area contributed by atoms with Crippen LogP contribution in [0.4, 0.5) is 0 Å². The fraction of sp³-hybridized carbons (Fsp3) is 0. The molecule has 0 aliphatic carbocycles. The summed E-state index contributed by atoms with van der Waals surface area (Å²) in [5.74, 6) is 0. The highest BCUT2D eigenvalue weighted by Gasteiger charge is 1.95. The third-order valence-electron chi connectivity index (χ3n) is 2.14. The molecule has 0 aromatic heterocycles. The molecule has 2 rings (SSSR count). The summed E-state index contributed by atoms with van der Waals surface area (Å²) >= 11 is 2.37. The van der Waals surface area contributed by atoms with Gasteiger partial charge in [-0.05, 0) is 39.8 Å². The monoisotopic (exact) mass is 306 g/mol. The van der Waals surface area contributed by atoms with Crippen molar-refractivity contribution in [3.8, 4) is 0 Å². The second-order valence-electron chi connectivity index (χ2n) is 3.27. The van der Waals surface area contributed by atoms with Crippen molar-refractivity contribution in [3.05, 3.63) is 71.8 Å². The van der Waals surface area contributed by atoms with Crippen molar-refractivity contribution in [2.75, 3.05) is 0 Å². The van der Waals surface area contributed by atoms with Gasteiger partial charge in [-0.1, -0.05) is 60.7 Å². The predicted molar refractivity (Wildman–Crippen MR) is 74.8 cm³/mol. The molecule has 0 saturated carbocycles. The molecule has 0 saturated heterocycles. The molecule has 0 atom stereocenters. The maximum atomic E-state index is 2.37. The van der Waals surface area contributed by atoms with E-state index in [1.54, 1.807) is 0 Å². The minimum atomic E-state index is 1.24. The molecule has 0 spiro atoms. The van der Waals surface area contributed by atoms with Crippen molar-refractivity contribution in [2.45, 2.75) is 0 Å². The third-order valence-corrected chi connectivity index (χ3v) is 3.08. The molecule has 1 heteroatoms. The standard InChI is InChI=1S/C14H11I/c15-14(13-9-5-2-6-10-13)11-12-7-3-1-4-8-12/h1-11H/b14-11-. The molecule has 15 heavy (non-hydrogen) atoms. The average molecular weight is 306 g/mol. The van der Waals surface area contributed by atoms with Crippen LogP contribution in [0.1, 0.15) is 11.1 Å². The zero-order valence-corrected chi connectivity index (χ0v) is 10.4. The van der Waals surface area contributed by atoms with Gasteiger partial charge in [0.05, 0.1) is 0 Å². The first-order valence-electron chi connectivity index (χ1n) is 4.84. The van der Waals surface area contributed by atoms with E-state index < -0.39 is 0 Å². The van der Waals surface area contributed by atoms with Crippen LogP contribution >= 0.6 is 22.6 Å². The largest absolute Gasteiger partial charge is 0.0622 e. The molecular weight excluding hydrogens is 295 g/mol. The molecule has 0 N–H and O–H groups in total. The van der Waals surface area contributed by atoms with Gasteiger partial charge in [-0.3, -0.25) is 0 Å². The Morgan fingerprint density at radius 1 is 0.800 bits per heavy atom. The molecular formula is C14H11I. The van der Waals surface area contributed by atoms with Crippen LogP contribution in [-0.4, -0.2) is 0 Å². The van der Waals surface area contributed by atoms with E-state index in [1.807, 2.05) is 12.1 Å². The van der Waals surface area contributed by atoms with Crippen molar-refractivity contribution in [2.24, 2.45) is 0 Å². The molecule has 0 aliphatic heterocycles. The summed E-state index contributed by atoms with van der Waals surface area (Å²) in [4.78, 5) is 0. The van der Waals surface area contributed by atoms with E-state index in [2.05, 4.69) is 77.2 Å². The third kappa shape index (κ3) is 2.93. The van der Waals surface area contributed by atoms with Gasteiger partial charge in [-0.15, -0.1) is 0 Å². The second-order valence-corrected chi connectivity index (χ2v) is 4.43. The smallest absolute Gasteiger partial charge is 0.0208 e. The Morgan fingerprint density at radius 3 is 1.93 bits per heavy atom. The molecule has 2 aromatic rings. The van der Waals surface area contributed by atoms with Crippen LogP contribution in [0.3, 0.4) is 0 Å². The van der Waals surface area contributed by atoms with Crippen molar-refractivity contribution in [1.82, 2.24) is 0 Å². The first-order chi connectivity index (χ1) is 7.36. The average Bonchev–Trinajstić information content (AvgIpc) is 2.31. The molecule has 0 heterocycles. The van der Waals surface area contributed by atoms with Gasteiger partial charge >= 0.3 is 0 Å². The maximum absolute atomic E-state index is 2.37. The van der Waals surface area contributed by atoms with Crippen molar-refractivity contribution >= 4 is 32.2 Å². The van der Waals surface area contributed by atoms with Gasteiger partial charge in [0, 0.05) is 3.58 Å². The number of hydrogen-bond donors (Lipinski definition) is 0. The van der Waals surface area contributed by atoms with Crippen LogP contribution in [0.15, 0.2) is 60.7 Å². The second kappa shape index (κ2) is 5.12. The Hall–Kier alpha value is -1.09. The maximum Gasteiger partial charge on any atom is 0.0208 e. The van der Waals surface area contributed by atoms with E-state index in [1.165, 1.54) is 14.7 Å². The Balaban J connectivity index is 2.29. The summed E-state index contributed by atoms with van der Waals surface area (Å²) in [6.45, 7) is 0. The topological polar surface area (TPSA) is 0 Å². The first kappa shape index (κ1) is 10.4. The lowest BCUT2D eigenvalue weighted by Gasteiger charge is -1.99. The number of rotatable bonds is 2. The van der Waals surface area contributed by atoms with Crippen LogP contribution < -0.4 is 0 Å². The fourth-order valence-electron chi connectivity index (χ4n) is 1.38. The Kier molecular flexibility index (Phi) is 3.56. The van der Waals surface area contributed by atoms with Crippen LogP contribution in [-0.2, 0) is 0 Å². The molecule has 0 nitrogen and oxygen atoms in total. The van der Waals surface area contributed by atoms with E-state index >= 15 is 0 Å². The van der Waals surface area contributed by atoms with Crippen LogP contribution in [0, 0.1) is 0 Å². The molecule has 0 fully saturated rings. The van der Waals surface area contributed by atoms with Gasteiger partial charge < -0.3 is 0 Å². The zero-order valence-electron chi connectivity index (χ0n) is 8.23.